The molecule has 2 unspecified atom stereocenters. The lowest BCUT2D eigenvalue weighted by molar-refractivity contribution is 0.265. The summed E-state index contributed by atoms with van der Waals surface area (Å²) in [5.74, 6) is 0.844. The molecule has 4 heteroatoms. The van der Waals surface area contributed by atoms with Crippen LogP contribution >= 0.6 is 11.8 Å². The number of hydrogen-bond acceptors (Lipinski definition) is 3. The van der Waals surface area contributed by atoms with Crippen LogP contribution in [0.2, 0.25) is 0 Å². The van der Waals surface area contributed by atoms with E-state index in [9.17, 15) is 4.39 Å². The van der Waals surface area contributed by atoms with E-state index in [0.29, 0.717) is 11.1 Å². The summed E-state index contributed by atoms with van der Waals surface area (Å²) in [5, 5.41) is 12.6. The Hall–Kier alpha value is -0.580. The van der Waals surface area contributed by atoms with Crippen molar-refractivity contribution in [3.05, 3.63) is 34.6 Å². The van der Waals surface area contributed by atoms with Crippen LogP contribution in [0.15, 0.2) is 12.1 Å². The minimum absolute atomic E-state index is 0.119. The van der Waals surface area contributed by atoms with Crippen molar-refractivity contribution in [2.24, 2.45) is 0 Å². The molecule has 0 aliphatic heterocycles. The molecule has 0 aliphatic rings. The van der Waals surface area contributed by atoms with Crippen LogP contribution in [-0.2, 0) is 0 Å². The molecular formula is C15H24FNOS. The van der Waals surface area contributed by atoms with E-state index < -0.39 is 0 Å². The first-order chi connectivity index (χ1) is 8.99. The lowest BCUT2D eigenvalue weighted by atomic mass is 10.0. The number of aliphatic hydroxyl groups is 1. The predicted octanol–water partition coefficient (Wildman–Crippen LogP) is 3.21. The topological polar surface area (TPSA) is 32.3 Å². The van der Waals surface area contributed by atoms with Crippen LogP contribution in [0.4, 0.5) is 4.39 Å². The maximum Gasteiger partial charge on any atom is 0.129 e. The molecule has 0 saturated heterocycles. The van der Waals surface area contributed by atoms with Gasteiger partial charge in [0.05, 0.1) is 0 Å². The van der Waals surface area contributed by atoms with Crippen LogP contribution < -0.4 is 5.32 Å². The highest BCUT2D eigenvalue weighted by Gasteiger charge is 2.14. The lowest BCUT2D eigenvalue weighted by Gasteiger charge is -2.23. The van der Waals surface area contributed by atoms with Crippen LogP contribution in [0.25, 0.3) is 0 Å². The van der Waals surface area contributed by atoms with Crippen LogP contribution in [0, 0.1) is 19.7 Å². The third-order valence-electron chi connectivity index (χ3n) is 3.29. The Morgan fingerprint density at radius 2 is 1.89 bits per heavy atom. The van der Waals surface area contributed by atoms with Crippen molar-refractivity contribution in [3.8, 4) is 0 Å². The Kier molecular flexibility index (Phi) is 6.83. The summed E-state index contributed by atoms with van der Waals surface area (Å²) in [6.45, 7) is 5.86. The number of aryl methyl sites for hydroxylation is 2. The first kappa shape index (κ1) is 16.5. The van der Waals surface area contributed by atoms with Crippen molar-refractivity contribution in [2.75, 3.05) is 18.6 Å². The average molecular weight is 285 g/mol. The molecule has 0 fully saturated rings. The third-order valence-corrected chi connectivity index (χ3v) is 4.03. The van der Waals surface area contributed by atoms with Gasteiger partial charge in [-0.25, -0.2) is 4.39 Å². The highest BCUT2D eigenvalue weighted by atomic mass is 32.2. The molecule has 0 aliphatic carbocycles. The fourth-order valence-corrected chi connectivity index (χ4v) is 2.92. The third kappa shape index (κ3) is 4.79. The molecule has 1 aromatic carbocycles. The minimum Gasteiger partial charge on any atom is -0.396 e. The maximum absolute atomic E-state index is 13.6. The smallest absolute Gasteiger partial charge is 0.129 e. The Balaban J connectivity index is 2.78. The SMILES string of the molecule is CSCC(CCO)NC(C)c1cc(C)c(F)c(C)c1. The van der Waals surface area contributed by atoms with Crippen LogP contribution in [0.5, 0.6) is 0 Å². The zero-order valence-electron chi connectivity index (χ0n) is 12.2. The Morgan fingerprint density at radius 1 is 1.32 bits per heavy atom. The van der Waals surface area contributed by atoms with Gasteiger partial charge >= 0.3 is 0 Å². The number of halogens is 1. The van der Waals surface area contributed by atoms with Gasteiger partial charge in [-0.1, -0.05) is 12.1 Å². The second-order valence-corrected chi connectivity index (χ2v) is 5.93. The number of rotatable bonds is 7. The number of thioether (sulfide) groups is 1. The molecule has 0 amide bonds. The van der Waals surface area contributed by atoms with Gasteiger partial charge in [0.2, 0.25) is 0 Å². The average Bonchev–Trinajstić information content (AvgIpc) is 2.35. The second-order valence-electron chi connectivity index (χ2n) is 5.02. The van der Waals surface area contributed by atoms with E-state index in [-0.39, 0.29) is 24.5 Å². The number of aliphatic hydroxyl groups excluding tert-OH is 1. The van der Waals surface area contributed by atoms with Crippen molar-refractivity contribution in [3.63, 3.8) is 0 Å². The Morgan fingerprint density at radius 3 is 2.37 bits per heavy atom. The summed E-state index contributed by atoms with van der Waals surface area (Å²) in [5.41, 5.74) is 2.47. The van der Waals surface area contributed by atoms with Gasteiger partial charge in [0.25, 0.3) is 0 Å². The predicted molar refractivity (Wildman–Crippen MR) is 81.3 cm³/mol. The fraction of sp³-hybridized carbons (Fsp3) is 0.600. The summed E-state index contributed by atoms with van der Waals surface area (Å²) in [6.07, 6.45) is 2.80. The molecule has 0 radical (unpaired) electrons. The summed E-state index contributed by atoms with van der Waals surface area (Å²) in [4.78, 5) is 0. The first-order valence-corrected chi connectivity index (χ1v) is 8.01. The molecule has 2 N–H and O–H groups in total. The molecule has 0 saturated carbocycles. The van der Waals surface area contributed by atoms with E-state index in [1.807, 2.05) is 12.1 Å². The second kappa shape index (κ2) is 7.88. The maximum atomic E-state index is 13.6. The monoisotopic (exact) mass is 285 g/mol. The van der Waals surface area contributed by atoms with Gasteiger partial charge in [-0.3, -0.25) is 0 Å². The number of nitrogens with one attached hydrogen (secondary N) is 1. The van der Waals surface area contributed by atoms with Gasteiger partial charge < -0.3 is 10.4 Å². The normalized spacial score (nSPS) is 14.4. The van der Waals surface area contributed by atoms with Gasteiger partial charge in [0, 0.05) is 24.4 Å². The van der Waals surface area contributed by atoms with Crippen LogP contribution in [0.1, 0.15) is 36.1 Å². The van der Waals surface area contributed by atoms with Gasteiger partial charge in [-0.15, -0.1) is 0 Å². The molecule has 108 valence electrons. The quantitative estimate of drug-likeness (QED) is 0.807. The van der Waals surface area contributed by atoms with Gasteiger partial charge in [-0.2, -0.15) is 11.8 Å². The van der Waals surface area contributed by atoms with E-state index in [1.165, 1.54) is 0 Å². The number of hydrogen-bond donors (Lipinski definition) is 2. The van der Waals surface area contributed by atoms with Crippen molar-refractivity contribution in [1.29, 1.82) is 0 Å². The first-order valence-electron chi connectivity index (χ1n) is 6.62. The molecule has 19 heavy (non-hydrogen) atoms. The molecule has 0 bridgehead atoms. The lowest BCUT2D eigenvalue weighted by Crippen LogP contribution is -2.34. The Labute approximate surface area is 119 Å². The molecule has 2 atom stereocenters. The summed E-state index contributed by atoms with van der Waals surface area (Å²) >= 11 is 1.76. The number of benzene rings is 1. The highest BCUT2D eigenvalue weighted by molar-refractivity contribution is 7.98. The van der Waals surface area contributed by atoms with Crippen molar-refractivity contribution in [1.82, 2.24) is 5.32 Å². The molecular weight excluding hydrogens is 261 g/mol. The van der Waals surface area contributed by atoms with Crippen LogP contribution in [0.3, 0.4) is 0 Å². The van der Waals surface area contributed by atoms with E-state index in [0.717, 1.165) is 17.7 Å². The van der Waals surface area contributed by atoms with Crippen molar-refractivity contribution < 1.29 is 9.50 Å². The molecule has 0 spiro atoms. The summed E-state index contributed by atoms with van der Waals surface area (Å²) in [7, 11) is 0. The van der Waals surface area contributed by atoms with E-state index in [4.69, 9.17) is 5.11 Å². The fourth-order valence-electron chi connectivity index (χ4n) is 2.25. The molecule has 2 nitrogen and oxygen atoms in total. The highest BCUT2D eigenvalue weighted by Crippen LogP contribution is 2.21. The zero-order chi connectivity index (χ0) is 14.4. The van der Waals surface area contributed by atoms with Crippen molar-refractivity contribution >= 4 is 11.8 Å². The standard InChI is InChI=1S/C15H24FNOS/c1-10-7-13(8-11(2)15(10)16)12(3)17-14(5-6-18)9-19-4/h7-8,12,14,17-18H,5-6,9H2,1-4H3. The van der Waals surface area contributed by atoms with Gasteiger partial charge in [-0.05, 0) is 50.1 Å². The van der Waals surface area contributed by atoms with E-state index in [1.54, 1.807) is 25.6 Å². The zero-order valence-corrected chi connectivity index (χ0v) is 13.0. The summed E-state index contributed by atoms with van der Waals surface area (Å²) < 4.78 is 13.6. The van der Waals surface area contributed by atoms with E-state index in [2.05, 4.69) is 18.5 Å². The largest absolute Gasteiger partial charge is 0.396 e. The minimum atomic E-state index is -0.119. The van der Waals surface area contributed by atoms with Crippen molar-refractivity contribution in [2.45, 2.75) is 39.3 Å². The molecule has 1 aromatic rings. The summed E-state index contributed by atoms with van der Waals surface area (Å²) in [6, 6.07) is 4.23. The molecule has 0 heterocycles. The van der Waals surface area contributed by atoms with Gasteiger partial charge in [0.1, 0.15) is 5.82 Å². The molecule has 1 rings (SSSR count). The van der Waals surface area contributed by atoms with Crippen LogP contribution in [-0.4, -0.2) is 29.8 Å². The van der Waals surface area contributed by atoms with E-state index >= 15 is 0 Å². The van der Waals surface area contributed by atoms with Gasteiger partial charge in [0.15, 0.2) is 0 Å². The Bertz CT molecular complexity index is 382. The molecule has 0 aromatic heterocycles.